The molecule has 0 atom stereocenters. The van der Waals surface area contributed by atoms with Gasteiger partial charge in [-0.1, -0.05) is 19.9 Å². The average molecular weight is 371 g/mol. The maximum Gasteiger partial charge on any atom is 0.261 e. The van der Waals surface area contributed by atoms with E-state index in [9.17, 15) is 9.59 Å². The normalized spacial score (nSPS) is 11.0. The van der Waals surface area contributed by atoms with Gasteiger partial charge in [0.25, 0.3) is 5.91 Å². The minimum atomic E-state index is -0.0992. The fourth-order valence-corrected chi connectivity index (χ4v) is 3.08. The third-order valence-corrected chi connectivity index (χ3v) is 4.66. The van der Waals surface area contributed by atoms with Gasteiger partial charge >= 0.3 is 0 Å². The summed E-state index contributed by atoms with van der Waals surface area (Å²) in [7, 11) is 0. The van der Waals surface area contributed by atoms with E-state index in [-0.39, 0.29) is 17.7 Å². The third-order valence-electron chi connectivity index (χ3n) is 3.79. The van der Waals surface area contributed by atoms with E-state index in [4.69, 9.17) is 4.42 Å². The van der Waals surface area contributed by atoms with Crippen molar-refractivity contribution in [2.75, 3.05) is 11.9 Å². The van der Waals surface area contributed by atoms with Crippen LogP contribution in [0.25, 0.3) is 11.1 Å². The summed E-state index contributed by atoms with van der Waals surface area (Å²) in [5, 5.41) is 7.53. The molecule has 0 unspecified atom stereocenters. The SMILES string of the molecule is CC(C)c1nc2cc(NC(=O)CCCNC(=O)c3cccs3)ccc2o1. The largest absolute Gasteiger partial charge is 0.440 e. The maximum atomic E-state index is 12.1. The van der Waals surface area contributed by atoms with Crippen LogP contribution in [0.4, 0.5) is 5.69 Å². The topological polar surface area (TPSA) is 84.2 Å². The second kappa shape index (κ2) is 8.14. The summed E-state index contributed by atoms with van der Waals surface area (Å²) in [5.74, 6) is 0.704. The Hall–Kier alpha value is -2.67. The van der Waals surface area contributed by atoms with Crippen molar-refractivity contribution >= 4 is 39.9 Å². The van der Waals surface area contributed by atoms with Crippen molar-refractivity contribution in [1.82, 2.24) is 10.3 Å². The summed E-state index contributed by atoms with van der Waals surface area (Å²) < 4.78 is 5.66. The highest BCUT2D eigenvalue weighted by atomic mass is 32.1. The first-order chi connectivity index (χ1) is 12.5. The highest BCUT2D eigenvalue weighted by molar-refractivity contribution is 7.12. The first-order valence-electron chi connectivity index (χ1n) is 8.55. The van der Waals surface area contributed by atoms with Crippen LogP contribution >= 0.6 is 11.3 Å². The molecule has 2 heterocycles. The van der Waals surface area contributed by atoms with Gasteiger partial charge in [0.2, 0.25) is 5.91 Å². The molecule has 1 aromatic carbocycles. The van der Waals surface area contributed by atoms with Crippen molar-refractivity contribution < 1.29 is 14.0 Å². The number of rotatable bonds is 7. The molecular weight excluding hydrogens is 350 g/mol. The fraction of sp³-hybridized carbons (Fsp3) is 0.316. The van der Waals surface area contributed by atoms with Gasteiger partial charge in [-0.25, -0.2) is 4.98 Å². The molecule has 0 aliphatic rings. The summed E-state index contributed by atoms with van der Waals surface area (Å²) in [5.41, 5.74) is 2.13. The molecule has 0 saturated heterocycles. The quantitative estimate of drug-likeness (QED) is 0.611. The molecule has 0 spiro atoms. The van der Waals surface area contributed by atoms with Gasteiger partial charge in [-0.05, 0) is 36.1 Å². The lowest BCUT2D eigenvalue weighted by Crippen LogP contribution is -2.24. The van der Waals surface area contributed by atoms with Crippen molar-refractivity contribution in [3.05, 3.63) is 46.5 Å². The van der Waals surface area contributed by atoms with Crippen LogP contribution in [0, 0.1) is 0 Å². The molecule has 0 radical (unpaired) electrons. The van der Waals surface area contributed by atoms with Gasteiger partial charge in [-0.2, -0.15) is 0 Å². The highest BCUT2D eigenvalue weighted by Crippen LogP contribution is 2.23. The van der Waals surface area contributed by atoms with Crippen LogP contribution in [0.1, 0.15) is 48.2 Å². The number of hydrogen-bond donors (Lipinski definition) is 2. The highest BCUT2D eigenvalue weighted by Gasteiger charge is 2.11. The smallest absolute Gasteiger partial charge is 0.261 e. The van der Waals surface area contributed by atoms with E-state index in [0.717, 1.165) is 5.52 Å². The molecule has 26 heavy (non-hydrogen) atoms. The minimum Gasteiger partial charge on any atom is -0.440 e. The number of thiophene rings is 1. The Kier molecular flexibility index (Phi) is 5.68. The summed E-state index contributed by atoms with van der Waals surface area (Å²) in [6.07, 6.45) is 0.908. The van der Waals surface area contributed by atoms with E-state index in [1.54, 1.807) is 18.2 Å². The molecule has 2 N–H and O–H groups in total. The Morgan fingerprint density at radius 1 is 1.27 bits per heavy atom. The average Bonchev–Trinajstić information content (AvgIpc) is 3.27. The first-order valence-corrected chi connectivity index (χ1v) is 9.43. The van der Waals surface area contributed by atoms with E-state index in [1.807, 2.05) is 31.4 Å². The molecule has 2 amide bonds. The number of hydrogen-bond acceptors (Lipinski definition) is 5. The number of carbonyl (C=O) groups excluding carboxylic acids is 2. The zero-order chi connectivity index (χ0) is 18.5. The molecule has 0 saturated carbocycles. The van der Waals surface area contributed by atoms with Crippen molar-refractivity contribution in [3.63, 3.8) is 0 Å². The zero-order valence-corrected chi connectivity index (χ0v) is 15.6. The van der Waals surface area contributed by atoms with Gasteiger partial charge in [0.05, 0.1) is 4.88 Å². The van der Waals surface area contributed by atoms with E-state index in [0.29, 0.717) is 41.4 Å². The van der Waals surface area contributed by atoms with Gasteiger partial charge in [0.15, 0.2) is 11.5 Å². The standard InChI is InChI=1S/C19H21N3O3S/c1-12(2)19-22-14-11-13(7-8-15(14)25-19)21-17(23)6-3-9-20-18(24)16-5-4-10-26-16/h4-5,7-8,10-12H,3,6,9H2,1-2H3,(H,20,24)(H,21,23). The van der Waals surface area contributed by atoms with E-state index >= 15 is 0 Å². The Bertz CT molecular complexity index is 900. The summed E-state index contributed by atoms with van der Waals surface area (Å²) in [4.78, 5) is 29.0. The van der Waals surface area contributed by atoms with Crippen molar-refractivity contribution in [1.29, 1.82) is 0 Å². The predicted molar refractivity (Wildman–Crippen MR) is 103 cm³/mol. The van der Waals surface area contributed by atoms with Crippen LogP contribution in [0.5, 0.6) is 0 Å². The monoisotopic (exact) mass is 371 g/mol. The number of carbonyl (C=O) groups is 2. The van der Waals surface area contributed by atoms with Gasteiger partial charge in [0.1, 0.15) is 5.52 Å². The van der Waals surface area contributed by atoms with Crippen LogP contribution in [0.2, 0.25) is 0 Å². The Labute approximate surface area is 155 Å². The molecule has 3 aromatic rings. The number of fused-ring (bicyclic) bond motifs is 1. The van der Waals surface area contributed by atoms with Crippen molar-refractivity contribution in [2.24, 2.45) is 0 Å². The first kappa shape index (κ1) is 18.1. The Morgan fingerprint density at radius 2 is 2.12 bits per heavy atom. The Morgan fingerprint density at radius 3 is 2.85 bits per heavy atom. The number of benzene rings is 1. The third kappa shape index (κ3) is 4.49. The van der Waals surface area contributed by atoms with Gasteiger partial charge in [-0.15, -0.1) is 11.3 Å². The lowest BCUT2D eigenvalue weighted by molar-refractivity contribution is -0.116. The van der Waals surface area contributed by atoms with Crippen LogP contribution in [-0.2, 0) is 4.79 Å². The molecule has 136 valence electrons. The van der Waals surface area contributed by atoms with Gasteiger partial charge < -0.3 is 15.1 Å². The number of anilines is 1. The number of nitrogens with zero attached hydrogens (tertiary/aromatic N) is 1. The van der Waals surface area contributed by atoms with E-state index < -0.39 is 0 Å². The lowest BCUT2D eigenvalue weighted by atomic mass is 10.2. The van der Waals surface area contributed by atoms with Gasteiger partial charge in [-0.3, -0.25) is 9.59 Å². The number of amides is 2. The number of aromatic nitrogens is 1. The number of oxazole rings is 1. The van der Waals surface area contributed by atoms with Crippen LogP contribution < -0.4 is 10.6 Å². The maximum absolute atomic E-state index is 12.1. The van der Waals surface area contributed by atoms with Crippen LogP contribution in [0.3, 0.4) is 0 Å². The predicted octanol–water partition coefficient (Wildman–Crippen LogP) is 4.16. The molecule has 3 rings (SSSR count). The lowest BCUT2D eigenvalue weighted by Gasteiger charge is -2.06. The molecular formula is C19H21N3O3S. The second-order valence-electron chi connectivity index (χ2n) is 6.27. The molecule has 0 bridgehead atoms. The van der Waals surface area contributed by atoms with Crippen molar-refractivity contribution in [3.8, 4) is 0 Å². The van der Waals surface area contributed by atoms with E-state index in [1.165, 1.54) is 11.3 Å². The summed E-state index contributed by atoms with van der Waals surface area (Å²) in [6, 6.07) is 9.03. The zero-order valence-electron chi connectivity index (χ0n) is 14.7. The summed E-state index contributed by atoms with van der Waals surface area (Å²) >= 11 is 1.40. The second-order valence-corrected chi connectivity index (χ2v) is 7.22. The van der Waals surface area contributed by atoms with Gasteiger partial charge in [0, 0.05) is 24.6 Å². The molecule has 0 aliphatic heterocycles. The summed E-state index contributed by atoms with van der Waals surface area (Å²) in [6.45, 7) is 4.50. The molecule has 0 fully saturated rings. The molecule has 6 nitrogen and oxygen atoms in total. The van der Waals surface area contributed by atoms with E-state index in [2.05, 4.69) is 15.6 Å². The minimum absolute atomic E-state index is 0.0951. The Balaban J connectivity index is 1.47. The van der Waals surface area contributed by atoms with Crippen LogP contribution in [0.15, 0.2) is 40.1 Å². The van der Waals surface area contributed by atoms with Crippen molar-refractivity contribution in [2.45, 2.75) is 32.6 Å². The number of nitrogens with one attached hydrogen (secondary N) is 2. The molecule has 7 heteroatoms. The molecule has 2 aromatic heterocycles. The molecule has 0 aliphatic carbocycles. The fourth-order valence-electron chi connectivity index (χ4n) is 2.44. The van der Waals surface area contributed by atoms with Crippen LogP contribution in [-0.4, -0.2) is 23.3 Å².